The predicted molar refractivity (Wildman–Crippen MR) is 88.3 cm³/mol. The van der Waals surface area contributed by atoms with Gasteiger partial charge in [-0.2, -0.15) is 0 Å². The molecule has 0 aromatic carbocycles. The molecule has 0 spiro atoms. The van der Waals surface area contributed by atoms with Gasteiger partial charge in [0.05, 0.1) is 11.7 Å². The Hall–Kier alpha value is -0.0800. The third-order valence-corrected chi connectivity index (χ3v) is 4.48. The van der Waals surface area contributed by atoms with Crippen molar-refractivity contribution in [3.63, 3.8) is 0 Å². The van der Waals surface area contributed by atoms with Gasteiger partial charge in [-0.15, -0.1) is 0 Å². The van der Waals surface area contributed by atoms with E-state index in [9.17, 15) is 0 Å². The molecule has 120 valence electrons. The summed E-state index contributed by atoms with van der Waals surface area (Å²) in [6.07, 6.45) is 15.7. The van der Waals surface area contributed by atoms with E-state index in [0.29, 0.717) is 6.10 Å². The standard InChI is InChI=1S/C18H37NO/c1-4-5-6-7-8-9-10-11-12-13-14-18(3)16-19-15-17(2)20-18/h17,19H,4-16H2,1-3H3. The number of nitrogens with one attached hydrogen (secondary N) is 1. The van der Waals surface area contributed by atoms with Crippen LogP contribution < -0.4 is 5.32 Å². The van der Waals surface area contributed by atoms with Gasteiger partial charge in [-0.05, 0) is 20.3 Å². The van der Waals surface area contributed by atoms with Gasteiger partial charge < -0.3 is 10.1 Å². The molecule has 0 radical (unpaired) electrons. The second kappa shape index (κ2) is 10.6. The molecule has 0 aromatic rings. The first-order valence-electron chi connectivity index (χ1n) is 9.05. The normalized spacial score (nSPS) is 26.9. The number of morpholine rings is 1. The summed E-state index contributed by atoms with van der Waals surface area (Å²) in [4.78, 5) is 0. The van der Waals surface area contributed by atoms with Crippen molar-refractivity contribution in [1.82, 2.24) is 5.32 Å². The maximum atomic E-state index is 6.09. The summed E-state index contributed by atoms with van der Waals surface area (Å²) < 4.78 is 6.09. The van der Waals surface area contributed by atoms with Crippen LogP contribution in [-0.4, -0.2) is 24.8 Å². The van der Waals surface area contributed by atoms with Crippen molar-refractivity contribution in [2.45, 2.75) is 103 Å². The summed E-state index contributed by atoms with van der Waals surface area (Å²) in [6.45, 7) is 8.75. The van der Waals surface area contributed by atoms with E-state index < -0.39 is 0 Å². The monoisotopic (exact) mass is 283 g/mol. The van der Waals surface area contributed by atoms with Crippen LogP contribution in [0.5, 0.6) is 0 Å². The highest BCUT2D eigenvalue weighted by molar-refractivity contribution is 4.83. The second-order valence-corrected chi connectivity index (χ2v) is 6.94. The van der Waals surface area contributed by atoms with Crippen LogP contribution in [0.2, 0.25) is 0 Å². The average molecular weight is 284 g/mol. The summed E-state index contributed by atoms with van der Waals surface area (Å²) in [5.74, 6) is 0. The van der Waals surface area contributed by atoms with E-state index >= 15 is 0 Å². The first-order chi connectivity index (χ1) is 9.66. The van der Waals surface area contributed by atoms with Gasteiger partial charge in [-0.25, -0.2) is 0 Å². The maximum absolute atomic E-state index is 6.09. The van der Waals surface area contributed by atoms with Gasteiger partial charge >= 0.3 is 0 Å². The van der Waals surface area contributed by atoms with Crippen LogP contribution in [0.25, 0.3) is 0 Å². The molecule has 1 N–H and O–H groups in total. The Kier molecular flexibility index (Phi) is 9.54. The van der Waals surface area contributed by atoms with Gasteiger partial charge in [0, 0.05) is 13.1 Å². The van der Waals surface area contributed by atoms with E-state index in [1.165, 1.54) is 70.6 Å². The molecule has 0 amide bonds. The van der Waals surface area contributed by atoms with Gasteiger partial charge in [-0.1, -0.05) is 71.1 Å². The molecule has 1 aliphatic rings. The van der Waals surface area contributed by atoms with Crippen LogP contribution in [0.3, 0.4) is 0 Å². The second-order valence-electron chi connectivity index (χ2n) is 6.94. The lowest BCUT2D eigenvalue weighted by Gasteiger charge is -2.38. The first kappa shape index (κ1) is 18.0. The summed E-state index contributed by atoms with van der Waals surface area (Å²) in [7, 11) is 0. The molecule has 1 aliphatic heterocycles. The molecule has 2 unspecified atom stereocenters. The third kappa shape index (κ3) is 8.26. The molecule has 1 heterocycles. The zero-order valence-electron chi connectivity index (χ0n) is 14.2. The maximum Gasteiger partial charge on any atom is 0.0782 e. The number of hydrogen-bond acceptors (Lipinski definition) is 2. The van der Waals surface area contributed by atoms with Gasteiger partial charge in [0.25, 0.3) is 0 Å². The first-order valence-corrected chi connectivity index (χ1v) is 9.05. The Morgan fingerprint density at radius 2 is 1.50 bits per heavy atom. The van der Waals surface area contributed by atoms with E-state index in [0.717, 1.165) is 13.1 Å². The lowest BCUT2D eigenvalue weighted by atomic mass is 9.95. The smallest absolute Gasteiger partial charge is 0.0782 e. The average Bonchev–Trinajstić information content (AvgIpc) is 2.40. The van der Waals surface area contributed by atoms with Crippen molar-refractivity contribution in [2.24, 2.45) is 0 Å². The highest BCUT2D eigenvalue weighted by Crippen LogP contribution is 2.23. The van der Waals surface area contributed by atoms with E-state index in [2.05, 4.69) is 26.1 Å². The van der Waals surface area contributed by atoms with Crippen LogP contribution in [0.15, 0.2) is 0 Å². The molecule has 0 saturated carbocycles. The minimum absolute atomic E-state index is 0.0812. The van der Waals surface area contributed by atoms with Crippen LogP contribution in [0.1, 0.15) is 91.4 Å². The minimum Gasteiger partial charge on any atom is -0.370 e. The van der Waals surface area contributed by atoms with Crippen LogP contribution >= 0.6 is 0 Å². The van der Waals surface area contributed by atoms with Crippen molar-refractivity contribution in [2.75, 3.05) is 13.1 Å². The van der Waals surface area contributed by atoms with Crippen LogP contribution in [0.4, 0.5) is 0 Å². The number of ether oxygens (including phenoxy) is 1. The molecule has 1 rings (SSSR count). The fourth-order valence-corrected chi connectivity index (χ4v) is 3.24. The summed E-state index contributed by atoms with van der Waals surface area (Å²) in [6, 6.07) is 0. The molecule has 2 heteroatoms. The van der Waals surface area contributed by atoms with Gasteiger partial charge in [-0.3, -0.25) is 0 Å². The summed E-state index contributed by atoms with van der Waals surface area (Å²) in [5.41, 5.74) is 0.0812. The number of rotatable bonds is 11. The molecular formula is C18H37NO. The molecule has 1 saturated heterocycles. The Morgan fingerprint density at radius 1 is 0.950 bits per heavy atom. The topological polar surface area (TPSA) is 21.3 Å². The molecular weight excluding hydrogens is 246 g/mol. The van der Waals surface area contributed by atoms with Crippen LogP contribution in [-0.2, 0) is 4.74 Å². The molecule has 1 fully saturated rings. The Balaban J connectivity index is 1.89. The Labute approximate surface area is 127 Å². The van der Waals surface area contributed by atoms with E-state index in [-0.39, 0.29) is 5.60 Å². The Morgan fingerprint density at radius 3 is 2.05 bits per heavy atom. The largest absolute Gasteiger partial charge is 0.370 e. The third-order valence-electron chi connectivity index (χ3n) is 4.48. The fraction of sp³-hybridized carbons (Fsp3) is 1.00. The van der Waals surface area contributed by atoms with Crippen molar-refractivity contribution in [3.8, 4) is 0 Å². The molecule has 2 atom stereocenters. The highest BCUT2D eigenvalue weighted by Gasteiger charge is 2.30. The summed E-state index contributed by atoms with van der Waals surface area (Å²) >= 11 is 0. The van der Waals surface area contributed by atoms with Gasteiger partial charge in [0.2, 0.25) is 0 Å². The van der Waals surface area contributed by atoms with Crippen molar-refractivity contribution in [3.05, 3.63) is 0 Å². The minimum atomic E-state index is 0.0812. The fourth-order valence-electron chi connectivity index (χ4n) is 3.24. The summed E-state index contributed by atoms with van der Waals surface area (Å²) in [5, 5.41) is 3.49. The van der Waals surface area contributed by atoms with E-state index in [4.69, 9.17) is 4.74 Å². The number of hydrogen-bond donors (Lipinski definition) is 1. The predicted octanol–water partition coefficient (Wildman–Crippen LogP) is 5.06. The molecule has 0 aromatic heterocycles. The van der Waals surface area contributed by atoms with E-state index in [1.807, 2.05) is 0 Å². The zero-order chi connectivity index (χ0) is 14.7. The molecule has 2 nitrogen and oxygen atoms in total. The van der Waals surface area contributed by atoms with Gasteiger partial charge in [0.15, 0.2) is 0 Å². The molecule has 0 bridgehead atoms. The molecule has 20 heavy (non-hydrogen) atoms. The Bertz CT molecular complexity index is 231. The lowest BCUT2D eigenvalue weighted by molar-refractivity contribution is -0.102. The van der Waals surface area contributed by atoms with E-state index in [1.54, 1.807) is 0 Å². The van der Waals surface area contributed by atoms with Crippen molar-refractivity contribution >= 4 is 0 Å². The quantitative estimate of drug-likeness (QED) is 0.535. The van der Waals surface area contributed by atoms with Crippen LogP contribution in [0, 0.1) is 0 Å². The SMILES string of the molecule is CCCCCCCCCCCCC1(C)CNCC(C)O1. The molecule has 0 aliphatic carbocycles. The lowest BCUT2D eigenvalue weighted by Crippen LogP contribution is -2.51. The number of unbranched alkanes of at least 4 members (excludes halogenated alkanes) is 9. The van der Waals surface area contributed by atoms with Crippen molar-refractivity contribution < 1.29 is 4.74 Å². The van der Waals surface area contributed by atoms with Crippen molar-refractivity contribution in [1.29, 1.82) is 0 Å². The van der Waals surface area contributed by atoms with Gasteiger partial charge in [0.1, 0.15) is 0 Å². The zero-order valence-corrected chi connectivity index (χ0v) is 14.2. The highest BCUT2D eigenvalue weighted by atomic mass is 16.5.